The highest BCUT2D eigenvalue weighted by Crippen LogP contribution is 2.12. The van der Waals surface area contributed by atoms with Gasteiger partial charge in [-0.15, -0.1) is 0 Å². The fourth-order valence-electron chi connectivity index (χ4n) is 1.52. The van der Waals surface area contributed by atoms with Gasteiger partial charge in [0.05, 0.1) is 6.61 Å². The molecule has 6 nitrogen and oxygen atoms in total. The number of ether oxygens (including phenoxy) is 1. The molecule has 0 unspecified atom stereocenters. The molecule has 0 aliphatic carbocycles. The molecule has 1 rings (SSSR count). The molecule has 0 N–H and O–H groups in total. The minimum atomic E-state index is -1.01. The Bertz CT molecular complexity index is 348. The summed E-state index contributed by atoms with van der Waals surface area (Å²) in [6.07, 6.45) is 6.90. The predicted molar refractivity (Wildman–Crippen MR) is 66.8 cm³/mol. The fraction of sp³-hybridized carbons (Fsp3) is 0.615. The van der Waals surface area contributed by atoms with Gasteiger partial charge in [-0.3, -0.25) is 14.4 Å². The average Bonchev–Trinajstić information content (AvgIpc) is 2.69. The van der Waals surface area contributed by atoms with Gasteiger partial charge in [-0.1, -0.05) is 30.6 Å². The molecule has 1 saturated heterocycles. The molecule has 0 radical (unpaired) electrons. The maximum absolute atomic E-state index is 11.2. The van der Waals surface area contributed by atoms with Crippen LogP contribution in [0.4, 0.5) is 4.79 Å². The first kappa shape index (κ1) is 15.2. The SMILES string of the molecule is CCCC=CCCCOC(=O)ON1C(=O)CCC1=O. The molecule has 106 valence electrons. The number of carbonyl (C=O) groups is 3. The number of imide groups is 1. The van der Waals surface area contributed by atoms with Crippen molar-refractivity contribution in [3.63, 3.8) is 0 Å². The quantitative estimate of drug-likeness (QED) is 0.307. The number of carbonyl (C=O) groups excluding carboxylic acids is 3. The van der Waals surface area contributed by atoms with Gasteiger partial charge in [0.2, 0.25) is 0 Å². The maximum Gasteiger partial charge on any atom is 0.533 e. The van der Waals surface area contributed by atoms with E-state index in [4.69, 9.17) is 4.74 Å². The summed E-state index contributed by atoms with van der Waals surface area (Å²) in [4.78, 5) is 38.1. The highest BCUT2D eigenvalue weighted by atomic mass is 16.8. The van der Waals surface area contributed by atoms with Gasteiger partial charge in [0.15, 0.2) is 0 Å². The van der Waals surface area contributed by atoms with E-state index in [0.717, 1.165) is 19.3 Å². The lowest BCUT2D eigenvalue weighted by atomic mass is 10.2. The molecule has 1 aliphatic rings. The van der Waals surface area contributed by atoms with Crippen LogP contribution in [0.1, 0.15) is 45.4 Å². The largest absolute Gasteiger partial charge is 0.533 e. The van der Waals surface area contributed by atoms with Crippen molar-refractivity contribution in [3.8, 4) is 0 Å². The summed E-state index contributed by atoms with van der Waals surface area (Å²) in [5, 5.41) is 0.476. The van der Waals surface area contributed by atoms with E-state index in [1.54, 1.807) is 0 Å². The standard InChI is InChI=1S/C13H19NO5/c1-2-3-4-5-6-7-10-18-13(17)19-14-11(15)8-9-12(14)16/h4-5H,2-3,6-10H2,1H3. The smallest absolute Gasteiger partial charge is 0.433 e. The molecule has 0 bridgehead atoms. The lowest BCUT2D eigenvalue weighted by Gasteiger charge is -2.11. The molecule has 19 heavy (non-hydrogen) atoms. The summed E-state index contributed by atoms with van der Waals surface area (Å²) in [5.74, 6) is -1.02. The first-order valence-corrected chi connectivity index (χ1v) is 6.50. The van der Waals surface area contributed by atoms with Crippen LogP contribution in [-0.2, 0) is 19.2 Å². The number of rotatable bonds is 7. The van der Waals surface area contributed by atoms with Gasteiger partial charge in [-0.2, -0.15) is 0 Å². The zero-order chi connectivity index (χ0) is 14.1. The minimum absolute atomic E-state index is 0.0777. The van der Waals surface area contributed by atoms with Crippen molar-refractivity contribution in [2.45, 2.75) is 45.4 Å². The molecule has 1 fully saturated rings. The number of nitrogens with zero attached hydrogens (tertiary/aromatic N) is 1. The molecular weight excluding hydrogens is 250 g/mol. The summed E-state index contributed by atoms with van der Waals surface area (Å²) in [6.45, 7) is 2.30. The second-order valence-electron chi connectivity index (χ2n) is 4.17. The van der Waals surface area contributed by atoms with E-state index in [2.05, 4.69) is 17.8 Å². The summed E-state index contributed by atoms with van der Waals surface area (Å²) in [5.41, 5.74) is 0. The monoisotopic (exact) mass is 269 g/mol. The Balaban J connectivity index is 2.11. The van der Waals surface area contributed by atoms with Crippen LogP contribution >= 0.6 is 0 Å². The summed E-state index contributed by atoms with van der Waals surface area (Å²) in [7, 11) is 0. The van der Waals surface area contributed by atoms with Crippen molar-refractivity contribution in [3.05, 3.63) is 12.2 Å². The van der Waals surface area contributed by atoms with Crippen molar-refractivity contribution in [1.29, 1.82) is 0 Å². The Kier molecular flexibility index (Phi) is 6.63. The fourth-order valence-corrected chi connectivity index (χ4v) is 1.52. The average molecular weight is 269 g/mol. The Morgan fingerprint density at radius 2 is 1.84 bits per heavy atom. The van der Waals surface area contributed by atoms with E-state index < -0.39 is 18.0 Å². The third-order valence-electron chi connectivity index (χ3n) is 2.53. The van der Waals surface area contributed by atoms with Crippen LogP contribution < -0.4 is 0 Å². The Morgan fingerprint density at radius 3 is 2.47 bits per heavy atom. The molecule has 0 aromatic carbocycles. The molecule has 2 amide bonds. The van der Waals surface area contributed by atoms with E-state index in [1.165, 1.54) is 0 Å². The molecular formula is C13H19NO5. The predicted octanol–water partition coefficient (Wildman–Crippen LogP) is 2.34. The highest BCUT2D eigenvalue weighted by Gasteiger charge is 2.33. The van der Waals surface area contributed by atoms with E-state index in [-0.39, 0.29) is 19.4 Å². The molecule has 0 atom stereocenters. The van der Waals surface area contributed by atoms with Crippen molar-refractivity contribution in [1.82, 2.24) is 5.06 Å². The van der Waals surface area contributed by atoms with Gasteiger partial charge in [-0.25, -0.2) is 4.79 Å². The number of allylic oxidation sites excluding steroid dienone is 2. The third kappa shape index (κ3) is 5.54. The van der Waals surface area contributed by atoms with Gasteiger partial charge in [0.25, 0.3) is 11.8 Å². The molecule has 0 aromatic heterocycles. The summed E-state index contributed by atoms with van der Waals surface area (Å²) in [6, 6.07) is 0. The van der Waals surface area contributed by atoms with Crippen LogP contribution in [0.5, 0.6) is 0 Å². The lowest BCUT2D eigenvalue weighted by Crippen LogP contribution is -2.32. The van der Waals surface area contributed by atoms with E-state index >= 15 is 0 Å². The molecule has 6 heteroatoms. The van der Waals surface area contributed by atoms with Gasteiger partial charge in [-0.05, 0) is 19.3 Å². The van der Waals surface area contributed by atoms with Crippen molar-refractivity contribution in [2.75, 3.05) is 6.61 Å². The Labute approximate surface area is 112 Å². The summed E-state index contributed by atoms with van der Waals surface area (Å²) < 4.78 is 4.77. The van der Waals surface area contributed by atoms with Gasteiger partial charge < -0.3 is 4.74 Å². The first-order chi connectivity index (χ1) is 9.15. The molecule has 1 aliphatic heterocycles. The van der Waals surface area contributed by atoms with Crippen molar-refractivity contribution >= 4 is 18.0 Å². The first-order valence-electron chi connectivity index (χ1n) is 6.50. The van der Waals surface area contributed by atoms with Crippen LogP contribution in [0.2, 0.25) is 0 Å². The summed E-state index contributed by atoms with van der Waals surface area (Å²) >= 11 is 0. The van der Waals surface area contributed by atoms with Crippen molar-refractivity contribution in [2.24, 2.45) is 0 Å². The van der Waals surface area contributed by atoms with E-state index in [9.17, 15) is 14.4 Å². The molecule has 0 saturated carbocycles. The van der Waals surface area contributed by atoms with Crippen LogP contribution in [-0.4, -0.2) is 29.6 Å². The molecule has 0 spiro atoms. The second-order valence-corrected chi connectivity index (χ2v) is 4.17. The van der Waals surface area contributed by atoms with Crippen LogP contribution in [0.25, 0.3) is 0 Å². The van der Waals surface area contributed by atoms with Gasteiger partial charge >= 0.3 is 6.16 Å². The second kappa shape index (κ2) is 8.29. The number of hydrogen-bond donors (Lipinski definition) is 0. The minimum Gasteiger partial charge on any atom is -0.433 e. The van der Waals surface area contributed by atoms with Gasteiger partial charge in [0.1, 0.15) is 0 Å². The number of hydrogen-bond acceptors (Lipinski definition) is 5. The van der Waals surface area contributed by atoms with Crippen LogP contribution in [0.15, 0.2) is 12.2 Å². The highest BCUT2D eigenvalue weighted by molar-refractivity contribution is 6.01. The number of unbranched alkanes of at least 4 members (excludes halogenated alkanes) is 2. The topological polar surface area (TPSA) is 72.9 Å². The van der Waals surface area contributed by atoms with E-state index in [0.29, 0.717) is 11.5 Å². The van der Waals surface area contributed by atoms with Crippen LogP contribution in [0, 0.1) is 0 Å². The normalized spacial score (nSPS) is 15.3. The number of amides is 2. The van der Waals surface area contributed by atoms with Crippen molar-refractivity contribution < 1.29 is 24.0 Å². The molecule has 0 aromatic rings. The third-order valence-corrected chi connectivity index (χ3v) is 2.53. The zero-order valence-corrected chi connectivity index (χ0v) is 11.1. The number of hydroxylamine groups is 2. The lowest BCUT2D eigenvalue weighted by molar-refractivity contribution is -0.177. The van der Waals surface area contributed by atoms with E-state index in [1.807, 2.05) is 6.08 Å². The van der Waals surface area contributed by atoms with Crippen LogP contribution in [0.3, 0.4) is 0 Å². The zero-order valence-electron chi connectivity index (χ0n) is 11.1. The Hall–Kier alpha value is -1.85. The maximum atomic E-state index is 11.2. The Morgan fingerprint density at radius 1 is 1.21 bits per heavy atom. The van der Waals surface area contributed by atoms with Gasteiger partial charge in [0, 0.05) is 12.8 Å². The molecule has 1 heterocycles.